The summed E-state index contributed by atoms with van der Waals surface area (Å²) in [5.74, 6) is 0.841. The Labute approximate surface area is 169 Å². The van der Waals surface area contributed by atoms with E-state index in [0.717, 1.165) is 33.8 Å². The number of amides is 1. The fraction of sp³-hybridized carbons (Fsp3) is 0.174. The molecule has 0 aliphatic heterocycles. The summed E-state index contributed by atoms with van der Waals surface area (Å²) in [4.78, 5) is 12.6. The molecule has 6 heteroatoms. The number of hydrogen-bond donors (Lipinski definition) is 1. The number of aryl methyl sites for hydroxylation is 2. The van der Waals surface area contributed by atoms with Gasteiger partial charge in [-0.25, -0.2) is 0 Å². The molecule has 0 atom stereocenters. The number of aromatic nitrogens is 3. The molecule has 146 valence electrons. The number of nitrogens with zero attached hydrogens (tertiary/aromatic N) is 3. The summed E-state index contributed by atoms with van der Waals surface area (Å²) in [6.07, 6.45) is 0. The zero-order chi connectivity index (χ0) is 20.4. The Hall–Kier alpha value is -3.67. The van der Waals surface area contributed by atoms with Crippen molar-refractivity contribution in [2.24, 2.45) is 0 Å². The van der Waals surface area contributed by atoms with E-state index < -0.39 is 0 Å². The van der Waals surface area contributed by atoms with Gasteiger partial charge in [-0.15, -0.1) is 10.2 Å². The van der Waals surface area contributed by atoms with Gasteiger partial charge in [-0.1, -0.05) is 36.4 Å². The van der Waals surface area contributed by atoms with Crippen LogP contribution < -0.4 is 5.32 Å². The van der Waals surface area contributed by atoms with Crippen molar-refractivity contribution < 1.29 is 9.21 Å². The molecule has 0 fully saturated rings. The van der Waals surface area contributed by atoms with E-state index in [2.05, 4.69) is 15.5 Å². The highest BCUT2D eigenvalue weighted by Crippen LogP contribution is 2.28. The molecule has 0 saturated heterocycles. The second-order valence-electron chi connectivity index (χ2n) is 7.01. The van der Waals surface area contributed by atoms with Crippen LogP contribution in [0.15, 0.2) is 65.1 Å². The van der Waals surface area contributed by atoms with Crippen LogP contribution in [0, 0.1) is 20.8 Å². The van der Waals surface area contributed by atoms with Gasteiger partial charge in [0.2, 0.25) is 17.7 Å². The molecule has 0 aliphatic carbocycles. The molecule has 2 aromatic carbocycles. The van der Waals surface area contributed by atoms with Gasteiger partial charge in [0.15, 0.2) is 0 Å². The van der Waals surface area contributed by atoms with Gasteiger partial charge < -0.3 is 14.3 Å². The maximum atomic E-state index is 12.6. The lowest BCUT2D eigenvalue weighted by Crippen LogP contribution is -2.20. The minimum Gasteiger partial charge on any atom is -0.416 e. The van der Waals surface area contributed by atoms with E-state index in [4.69, 9.17) is 4.42 Å². The van der Waals surface area contributed by atoms with Gasteiger partial charge in [-0.3, -0.25) is 4.79 Å². The lowest BCUT2D eigenvalue weighted by Gasteiger charge is -2.11. The summed E-state index contributed by atoms with van der Waals surface area (Å²) >= 11 is 0. The minimum atomic E-state index is -0.0804. The van der Waals surface area contributed by atoms with Crippen LogP contribution in [0.5, 0.6) is 0 Å². The molecule has 1 N–H and O–H groups in total. The van der Waals surface area contributed by atoms with Gasteiger partial charge in [-0.2, -0.15) is 0 Å². The Morgan fingerprint density at radius 1 is 0.966 bits per heavy atom. The fourth-order valence-electron chi connectivity index (χ4n) is 3.34. The van der Waals surface area contributed by atoms with Crippen molar-refractivity contribution >= 4 is 11.6 Å². The van der Waals surface area contributed by atoms with E-state index in [1.54, 1.807) is 0 Å². The maximum Gasteiger partial charge on any atom is 0.249 e. The number of hydrogen-bond acceptors (Lipinski definition) is 4. The van der Waals surface area contributed by atoms with Gasteiger partial charge >= 0.3 is 0 Å². The molecule has 2 heterocycles. The molecule has 0 radical (unpaired) electrons. The molecule has 0 bridgehead atoms. The lowest BCUT2D eigenvalue weighted by molar-refractivity contribution is -0.116. The Morgan fingerprint density at radius 2 is 1.66 bits per heavy atom. The van der Waals surface area contributed by atoms with Gasteiger partial charge in [-0.05, 0) is 50.6 Å². The predicted molar refractivity (Wildman–Crippen MR) is 112 cm³/mol. The first-order chi connectivity index (χ1) is 14.0. The number of anilines is 1. The Balaban J connectivity index is 1.56. The van der Waals surface area contributed by atoms with Crippen LogP contribution in [0.4, 0.5) is 5.69 Å². The van der Waals surface area contributed by atoms with E-state index in [-0.39, 0.29) is 12.5 Å². The van der Waals surface area contributed by atoms with Crippen LogP contribution in [0.3, 0.4) is 0 Å². The molecular weight excluding hydrogens is 364 g/mol. The molecule has 1 amide bonds. The second-order valence-corrected chi connectivity index (χ2v) is 7.01. The van der Waals surface area contributed by atoms with Crippen LogP contribution in [0.1, 0.15) is 17.0 Å². The van der Waals surface area contributed by atoms with Crippen LogP contribution in [-0.2, 0) is 11.3 Å². The normalized spacial score (nSPS) is 10.9. The van der Waals surface area contributed by atoms with Gasteiger partial charge in [0.05, 0.1) is 5.56 Å². The number of nitrogens with one attached hydrogen (secondary N) is 1. The molecule has 29 heavy (non-hydrogen) atoms. The van der Waals surface area contributed by atoms with Crippen LogP contribution >= 0.6 is 0 Å². The standard InChI is InChI=1S/C23H22N4O2/c1-15-9-7-8-12-20(15)24-21(28)14-27-16(2)13-19(17(27)3)23-26-25-22(29-23)18-10-5-4-6-11-18/h4-13H,14H2,1-3H3,(H,24,28). The van der Waals surface area contributed by atoms with Crippen LogP contribution in [-0.4, -0.2) is 20.7 Å². The molecule has 4 rings (SSSR count). The molecule has 4 aromatic rings. The molecule has 0 unspecified atom stereocenters. The summed E-state index contributed by atoms with van der Waals surface area (Å²) in [6, 6.07) is 19.4. The third-order valence-electron chi connectivity index (χ3n) is 4.97. The molecule has 0 spiro atoms. The van der Waals surface area contributed by atoms with Gasteiger partial charge in [0, 0.05) is 22.6 Å². The topological polar surface area (TPSA) is 73.0 Å². The zero-order valence-corrected chi connectivity index (χ0v) is 16.6. The van der Waals surface area contributed by atoms with Gasteiger partial charge in [0.1, 0.15) is 6.54 Å². The summed E-state index contributed by atoms with van der Waals surface area (Å²) in [6.45, 7) is 6.10. The summed E-state index contributed by atoms with van der Waals surface area (Å²) < 4.78 is 7.84. The Kier molecular flexibility index (Phi) is 4.99. The summed E-state index contributed by atoms with van der Waals surface area (Å²) in [7, 11) is 0. The fourth-order valence-corrected chi connectivity index (χ4v) is 3.34. The average molecular weight is 386 g/mol. The largest absolute Gasteiger partial charge is 0.416 e. The minimum absolute atomic E-state index is 0.0804. The molecule has 0 aliphatic rings. The van der Waals surface area contributed by atoms with Crippen molar-refractivity contribution in [2.75, 3.05) is 5.32 Å². The van der Waals surface area contributed by atoms with E-state index in [0.29, 0.717) is 11.8 Å². The van der Waals surface area contributed by atoms with E-state index in [1.807, 2.05) is 86.0 Å². The Bertz CT molecular complexity index is 1160. The highest BCUT2D eigenvalue weighted by molar-refractivity contribution is 5.91. The Morgan fingerprint density at radius 3 is 2.41 bits per heavy atom. The molecule has 0 saturated carbocycles. The van der Waals surface area contributed by atoms with Crippen molar-refractivity contribution in [3.8, 4) is 22.9 Å². The highest BCUT2D eigenvalue weighted by atomic mass is 16.4. The van der Waals surface area contributed by atoms with Crippen molar-refractivity contribution in [2.45, 2.75) is 27.3 Å². The quantitative estimate of drug-likeness (QED) is 0.536. The molecule has 6 nitrogen and oxygen atoms in total. The maximum absolute atomic E-state index is 12.6. The number of rotatable bonds is 5. The number of carbonyl (C=O) groups is 1. The first kappa shape index (κ1) is 18.7. The summed E-state index contributed by atoms with van der Waals surface area (Å²) in [5.41, 5.74) is 5.42. The first-order valence-corrected chi connectivity index (χ1v) is 9.44. The molecular formula is C23H22N4O2. The van der Waals surface area contributed by atoms with E-state index in [9.17, 15) is 4.79 Å². The van der Waals surface area contributed by atoms with E-state index in [1.165, 1.54) is 0 Å². The second kappa shape index (κ2) is 7.75. The van der Waals surface area contributed by atoms with Crippen LogP contribution in [0.25, 0.3) is 22.9 Å². The van der Waals surface area contributed by atoms with Crippen molar-refractivity contribution in [3.05, 3.63) is 77.6 Å². The van der Waals surface area contributed by atoms with Crippen molar-refractivity contribution in [3.63, 3.8) is 0 Å². The predicted octanol–water partition coefficient (Wildman–Crippen LogP) is 4.77. The lowest BCUT2D eigenvalue weighted by atomic mass is 10.2. The molecule has 2 aromatic heterocycles. The van der Waals surface area contributed by atoms with Crippen LogP contribution in [0.2, 0.25) is 0 Å². The number of carbonyl (C=O) groups excluding carboxylic acids is 1. The van der Waals surface area contributed by atoms with Gasteiger partial charge in [0.25, 0.3) is 0 Å². The number of para-hydroxylation sites is 1. The summed E-state index contributed by atoms with van der Waals surface area (Å²) in [5, 5.41) is 11.3. The monoisotopic (exact) mass is 386 g/mol. The third kappa shape index (κ3) is 3.82. The third-order valence-corrected chi connectivity index (χ3v) is 4.97. The zero-order valence-electron chi connectivity index (χ0n) is 16.6. The van der Waals surface area contributed by atoms with Crippen molar-refractivity contribution in [1.29, 1.82) is 0 Å². The SMILES string of the molecule is Cc1ccccc1NC(=O)Cn1c(C)cc(-c2nnc(-c3ccccc3)o2)c1C. The highest BCUT2D eigenvalue weighted by Gasteiger charge is 2.18. The number of benzene rings is 2. The smallest absolute Gasteiger partial charge is 0.249 e. The van der Waals surface area contributed by atoms with Crippen molar-refractivity contribution in [1.82, 2.24) is 14.8 Å². The average Bonchev–Trinajstić information content (AvgIpc) is 3.31. The van der Waals surface area contributed by atoms with E-state index >= 15 is 0 Å². The first-order valence-electron chi connectivity index (χ1n) is 9.44.